The van der Waals surface area contributed by atoms with Gasteiger partial charge in [-0.3, -0.25) is 4.99 Å². The summed E-state index contributed by atoms with van der Waals surface area (Å²) in [5.41, 5.74) is 6.12. The molecule has 0 saturated carbocycles. The van der Waals surface area contributed by atoms with E-state index >= 15 is 0 Å². The molecular formula is C19H21NO3. The normalized spacial score (nSPS) is 13.3. The van der Waals surface area contributed by atoms with E-state index in [0.717, 1.165) is 45.9 Å². The first-order valence-corrected chi connectivity index (χ1v) is 7.61. The minimum atomic E-state index is 0.355. The molecule has 23 heavy (non-hydrogen) atoms. The second-order valence-corrected chi connectivity index (χ2v) is 5.87. The van der Waals surface area contributed by atoms with Crippen molar-refractivity contribution in [1.82, 2.24) is 0 Å². The first-order chi connectivity index (χ1) is 11.0. The summed E-state index contributed by atoms with van der Waals surface area (Å²) in [4.78, 5) is 4.73. The van der Waals surface area contributed by atoms with E-state index in [1.165, 1.54) is 5.56 Å². The monoisotopic (exact) mass is 311 g/mol. The predicted octanol–water partition coefficient (Wildman–Crippen LogP) is 3.57. The first kappa shape index (κ1) is 15.4. The fourth-order valence-corrected chi connectivity index (χ4v) is 3.04. The van der Waals surface area contributed by atoms with Crippen molar-refractivity contribution in [2.75, 3.05) is 14.2 Å². The smallest absolute Gasteiger partial charge is 0.127 e. The van der Waals surface area contributed by atoms with Gasteiger partial charge in [0.25, 0.3) is 0 Å². The number of hydrogen-bond acceptors (Lipinski definition) is 4. The Kier molecular flexibility index (Phi) is 3.99. The van der Waals surface area contributed by atoms with Crippen LogP contribution in [-0.2, 0) is 13.0 Å². The summed E-state index contributed by atoms with van der Waals surface area (Å²) in [7, 11) is 3.33. The number of ether oxygens (including phenoxy) is 2. The average molecular weight is 311 g/mol. The third-order valence-corrected chi connectivity index (χ3v) is 4.34. The van der Waals surface area contributed by atoms with Crippen LogP contribution in [0, 0.1) is 13.8 Å². The molecule has 0 amide bonds. The molecule has 0 unspecified atom stereocenters. The summed E-state index contributed by atoms with van der Waals surface area (Å²) in [5, 5.41) is 9.95. The van der Waals surface area contributed by atoms with E-state index in [1.807, 2.05) is 38.1 Å². The molecule has 3 rings (SSSR count). The molecule has 120 valence electrons. The lowest BCUT2D eigenvalue weighted by Gasteiger charge is -2.21. The van der Waals surface area contributed by atoms with Crippen molar-refractivity contribution in [3.05, 3.63) is 52.1 Å². The quantitative estimate of drug-likeness (QED) is 0.942. The van der Waals surface area contributed by atoms with Crippen LogP contribution >= 0.6 is 0 Å². The molecule has 4 heteroatoms. The second-order valence-electron chi connectivity index (χ2n) is 5.87. The van der Waals surface area contributed by atoms with Crippen LogP contribution in [0.4, 0.5) is 0 Å². The third-order valence-electron chi connectivity index (χ3n) is 4.34. The zero-order chi connectivity index (χ0) is 16.6. The molecule has 4 nitrogen and oxygen atoms in total. The molecule has 0 fully saturated rings. The van der Waals surface area contributed by atoms with Crippen LogP contribution < -0.4 is 9.47 Å². The van der Waals surface area contributed by atoms with Crippen molar-refractivity contribution < 1.29 is 14.6 Å². The number of phenols is 1. The van der Waals surface area contributed by atoms with Gasteiger partial charge in [0.15, 0.2) is 0 Å². The van der Waals surface area contributed by atoms with E-state index in [1.54, 1.807) is 14.2 Å². The van der Waals surface area contributed by atoms with E-state index in [2.05, 4.69) is 0 Å². The van der Waals surface area contributed by atoms with Crippen molar-refractivity contribution in [3.63, 3.8) is 0 Å². The van der Waals surface area contributed by atoms with Gasteiger partial charge in [-0.15, -0.1) is 0 Å². The first-order valence-electron chi connectivity index (χ1n) is 7.61. The molecule has 1 N–H and O–H groups in total. The number of fused-ring (bicyclic) bond motifs is 1. The van der Waals surface area contributed by atoms with Crippen molar-refractivity contribution in [2.45, 2.75) is 26.8 Å². The third kappa shape index (κ3) is 2.77. The van der Waals surface area contributed by atoms with Crippen LogP contribution in [0.3, 0.4) is 0 Å². The number of hydrogen-bond donors (Lipinski definition) is 1. The highest BCUT2D eigenvalue weighted by Crippen LogP contribution is 2.33. The Balaban J connectivity index is 2.01. The molecule has 1 aliphatic heterocycles. The van der Waals surface area contributed by atoms with Gasteiger partial charge in [-0.25, -0.2) is 0 Å². The molecule has 0 bridgehead atoms. The number of aromatic hydroxyl groups is 1. The number of aryl methyl sites for hydroxylation is 2. The number of aliphatic imine (C=N–C) groups is 1. The predicted molar refractivity (Wildman–Crippen MR) is 91.1 cm³/mol. The molecule has 2 aromatic carbocycles. The molecule has 1 heterocycles. The topological polar surface area (TPSA) is 51.0 Å². The average Bonchev–Trinajstić information content (AvgIpc) is 2.57. The summed E-state index contributed by atoms with van der Waals surface area (Å²) in [6.07, 6.45) is 0.729. The molecular weight excluding hydrogens is 290 g/mol. The Labute approximate surface area is 136 Å². The number of phenolic OH excluding ortho intramolecular Hbond substituents is 1. The summed E-state index contributed by atoms with van der Waals surface area (Å²) < 4.78 is 10.8. The Morgan fingerprint density at radius 2 is 1.70 bits per heavy atom. The van der Waals surface area contributed by atoms with Gasteiger partial charge in [0.1, 0.15) is 17.2 Å². The highest BCUT2D eigenvalue weighted by Gasteiger charge is 2.20. The SMILES string of the molecule is COc1cc2c(c(OC)c1)CN=C(c1cc(C)c(O)c(C)c1)C2. The molecule has 0 radical (unpaired) electrons. The van der Waals surface area contributed by atoms with Crippen LogP contribution in [0.5, 0.6) is 17.2 Å². The van der Waals surface area contributed by atoms with Gasteiger partial charge >= 0.3 is 0 Å². The molecule has 0 aliphatic carbocycles. The van der Waals surface area contributed by atoms with E-state index in [9.17, 15) is 5.11 Å². The highest BCUT2D eigenvalue weighted by atomic mass is 16.5. The lowest BCUT2D eigenvalue weighted by Crippen LogP contribution is -2.14. The molecule has 0 atom stereocenters. The Hall–Kier alpha value is -2.49. The van der Waals surface area contributed by atoms with Gasteiger partial charge in [-0.2, -0.15) is 0 Å². The maximum Gasteiger partial charge on any atom is 0.127 e. The second kappa shape index (κ2) is 5.95. The number of rotatable bonds is 3. The van der Waals surface area contributed by atoms with Crippen molar-refractivity contribution in [2.24, 2.45) is 4.99 Å². The van der Waals surface area contributed by atoms with Gasteiger partial charge < -0.3 is 14.6 Å². The summed E-state index contributed by atoms with van der Waals surface area (Å²) >= 11 is 0. The molecule has 0 saturated heterocycles. The Morgan fingerprint density at radius 3 is 2.30 bits per heavy atom. The summed E-state index contributed by atoms with van der Waals surface area (Å²) in [6.45, 7) is 4.42. The number of benzene rings is 2. The number of methoxy groups -OCH3 is 2. The molecule has 1 aliphatic rings. The van der Waals surface area contributed by atoms with Crippen LogP contribution in [0.1, 0.15) is 27.8 Å². The molecule has 0 spiro atoms. The van der Waals surface area contributed by atoms with Gasteiger partial charge in [0, 0.05) is 23.8 Å². The Morgan fingerprint density at radius 1 is 1.00 bits per heavy atom. The maximum absolute atomic E-state index is 9.95. The van der Waals surface area contributed by atoms with E-state index in [4.69, 9.17) is 14.5 Å². The van der Waals surface area contributed by atoms with Gasteiger partial charge in [-0.1, -0.05) is 0 Å². The van der Waals surface area contributed by atoms with E-state index in [0.29, 0.717) is 12.3 Å². The van der Waals surface area contributed by atoms with Crippen LogP contribution in [0.25, 0.3) is 0 Å². The largest absolute Gasteiger partial charge is 0.507 e. The van der Waals surface area contributed by atoms with Gasteiger partial charge in [0.2, 0.25) is 0 Å². The lowest BCUT2D eigenvalue weighted by atomic mass is 9.92. The van der Waals surface area contributed by atoms with Crippen LogP contribution in [-0.4, -0.2) is 25.0 Å². The molecule has 2 aromatic rings. The zero-order valence-corrected chi connectivity index (χ0v) is 13.9. The van der Waals surface area contributed by atoms with E-state index in [-0.39, 0.29) is 0 Å². The fraction of sp³-hybridized carbons (Fsp3) is 0.316. The zero-order valence-electron chi connectivity index (χ0n) is 13.9. The fourth-order valence-electron chi connectivity index (χ4n) is 3.04. The minimum Gasteiger partial charge on any atom is -0.507 e. The minimum absolute atomic E-state index is 0.355. The lowest BCUT2D eigenvalue weighted by molar-refractivity contribution is 0.390. The van der Waals surface area contributed by atoms with Gasteiger partial charge in [-0.05, 0) is 54.3 Å². The van der Waals surface area contributed by atoms with Crippen molar-refractivity contribution >= 4 is 5.71 Å². The number of nitrogens with zero attached hydrogens (tertiary/aromatic N) is 1. The summed E-state index contributed by atoms with van der Waals surface area (Å²) in [5.74, 6) is 1.97. The maximum atomic E-state index is 9.95. The standard InChI is InChI=1S/C19H21NO3/c1-11-5-14(6-12(2)19(11)21)17-8-13-7-15(22-3)9-18(23-4)16(13)10-20-17/h5-7,9,21H,8,10H2,1-4H3. The van der Waals surface area contributed by atoms with E-state index < -0.39 is 0 Å². The Bertz CT molecular complexity index is 770. The summed E-state index contributed by atoms with van der Waals surface area (Å²) in [6, 6.07) is 7.92. The van der Waals surface area contributed by atoms with Crippen LogP contribution in [0.15, 0.2) is 29.3 Å². The van der Waals surface area contributed by atoms with Crippen molar-refractivity contribution in [3.8, 4) is 17.2 Å². The molecule has 0 aromatic heterocycles. The van der Waals surface area contributed by atoms with Gasteiger partial charge in [0.05, 0.1) is 20.8 Å². The highest BCUT2D eigenvalue weighted by molar-refractivity contribution is 6.03. The van der Waals surface area contributed by atoms with Crippen LogP contribution in [0.2, 0.25) is 0 Å². The van der Waals surface area contributed by atoms with Crippen molar-refractivity contribution in [1.29, 1.82) is 0 Å².